The number of aliphatic hydroxyl groups excluding tert-OH is 1. The molecular weight excluding hydrogens is 791 g/mol. The van der Waals surface area contributed by atoms with Gasteiger partial charge in [0.2, 0.25) is 5.79 Å². The number of aliphatic hydroxyl groups is 2. The number of esters is 1. The van der Waals surface area contributed by atoms with Gasteiger partial charge in [-0.15, -0.1) is 0 Å². The normalized spacial score (nSPS) is 39.4. The van der Waals surface area contributed by atoms with Crippen LogP contribution in [0.5, 0.6) is 0 Å². The van der Waals surface area contributed by atoms with Gasteiger partial charge in [0, 0.05) is 44.9 Å². The number of ketones is 3. The molecule has 1 saturated carbocycles. The van der Waals surface area contributed by atoms with Crippen molar-refractivity contribution in [2.75, 3.05) is 20.8 Å². The largest absolute Gasteiger partial charge is 0.460 e. The number of methoxy groups -OCH3 is 2. The third-order valence-electron chi connectivity index (χ3n) is 14.0. The number of ether oxygens (including phenoxy) is 4. The lowest BCUT2D eigenvalue weighted by Crippen LogP contribution is -2.60. The van der Waals surface area contributed by atoms with E-state index in [1.54, 1.807) is 34.0 Å². The van der Waals surface area contributed by atoms with Gasteiger partial charge < -0.3 is 34.1 Å². The lowest BCUT2D eigenvalue weighted by Gasteiger charge is -2.42. The number of carbonyl (C=O) groups is 5. The highest BCUT2D eigenvalue weighted by Crippen LogP contribution is 2.37. The number of allylic oxidation sites excluding steroid dienone is 7. The number of hydrogen-bond acceptors (Lipinski definition) is 11. The molecule has 0 aromatic heterocycles. The van der Waals surface area contributed by atoms with Crippen LogP contribution in [0.1, 0.15) is 138 Å². The van der Waals surface area contributed by atoms with Gasteiger partial charge in [0.15, 0.2) is 5.78 Å². The highest BCUT2D eigenvalue weighted by atomic mass is 16.6. The Labute approximate surface area is 370 Å². The van der Waals surface area contributed by atoms with Gasteiger partial charge in [-0.1, -0.05) is 89.5 Å². The molecule has 2 N–H and O–H groups in total. The summed E-state index contributed by atoms with van der Waals surface area (Å²) < 4.78 is 23.7. The maximum atomic E-state index is 14.3. The Hall–Kier alpha value is -3.29. The fourth-order valence-corrected chi connectivity index (χ4v) is 9.83. The first kappa shape index (κ1) is 51.3. The third-order valence-corrected chi connectivity index (χ3v) is 14.0. The van der Waals surface area contributed by atoms with Crippen LogP contribution in [0.4, 0.5) is 0 Å². The molecule has 0 radical (unpaired) electrons. The molecule has 3 aliphatic heterocycles. The Morgan fingerprint density at radius 1 is 0.887 bits per heavy atom. The van der Waals surface area contributed by atoms with E-state index in [4.69, 9.17) is 18.9 Å². The van der Waals surface area contributed by atoms with Crippen LogP contribution in [0.25, 0.3) is 0 Å². The molecule has 1 aliphatic carbocycles. The summed E-state index contributed by atoms with van der Waals surface area (Å²) in [6, 6.07) is -1.08. The predicted molar refractivity (Wildman–Crippen MR) is 238 cm³/mol. The highest BCUT2D eigenvalue weighted by molar-refractivity contribution is 6.39. The van der Waals surface area contributed by atoms with E-state index in [0.29, 0.717) is 62.9 Å². The van der Waals surface area contributed by atoms with E-state index in [0.717, 1.165) is 31.3 Å². The predicted octanol–water partition coefficient (Wildman–Crippen LogP) is 7.58. The average molecular weight is 868 g/mol. The molecule has 0 unspecified atom stereocenters. The van der Waals surface area contributed by atoms with Crippen LogP contribution >= 0.6 is 0 Å². The topological polar surface area (TPSA) is 166 Å². The van der Waals surface area contributed by atoms with E-state index in [-0.39, 0.29) is 48.9 Å². The number of fused-ring (bicyclic) bond motifs is 3. The van der Waals surface area contributed by atoms with Gasteiger partial charge >= 0.3 is 5.97 Å². The monoisotopic (exact) mass is 868 g/mol. The van der Waals surface area contributed by atoms with Gasteiger partial charge in [0.25, 0.3) is 11.7 Å². The second-order valence-electron chi connectivity index (χ2n) is 19.1. The molecule has 2 bridgehead atoms. The summed E-state index contributed by atoms with van der Waals surface area (Å²) in [5.74, 6) is -7.13. The Morgan fingerprint density at radius 2 is 1.63 bits per heavy atom. The summed E-state index contributed by atoms with van der Waals surface area (Å²) in [7, 11) is 3.12. The van der Waals surface area contributed by atoms with E-state index in [2.05, 4.69) is 0 Å². The number of rotatable bonds is 5. The van der Waals surface area contributed by atoms with Crippen molar-refractivity contribution in [1.82, 2.24) is 4.90 Å². The van der Waals surface area contributed by atoms with Gasteiger partial charge in [-0.25, -0.2) is 4.79 Å². The van der Waals surface area contributed by atoms with Crippen molar-refractivity contribution in [3.05, 3.63) is 47.6 Å². The summed E-state index contributed by atoms with van der Waals surface area (Å²) in [6.45, 7) is 13.1. The first-order chi connectivity index (χ1) is 29.4. The zero-order chi connectivity index (χ0) is 45.7. The summed E-state index contributed by atoms with van der Waals surface area (Å²) in [6.07, 6.45) is 16.7. The second kappa shape index (κ2) is 24.1. The van der Waals surface area contributed by atoms with Gasteiger partial charge in [-0.05, 0) is 108 Å². The molecule has 2 saturated heterocycles. The fourth-order valence-electron chi connectivity index (χ4n) is 9.83. The maximum Gasteiger partial charge on any atom is 0.329 e. The van der Waals surface area contributed by atoms with Gasteiger partial charge in [-0.3, -0.25) is 19.2 Å². The number of Topliss-reactive ketones (excluding diaryl/α,β-unsaturated/α-hetero) is 3. The minimum atomic E-state index is -2.34. The number of carbonyl (C=O) groups excluding carboxylic acids is 5. The van der Waals surface area contributed by atoms with Gasteiger partial charge in [-0.2, -0.15) is 0 Å². The molecule has 1 amide bonds. The third kappa shape index (κ3) is 13.9. The SMILES string of the molecule is CO[C@H]1CCC[C@@H](C[C@@H](C)[C@@H]2CC(=O)[C@H](C)/C=C(\C)[C@@H](O)[C@@H](OC)C(=O)[C@H](C)C[C@H](C)/C=C/C=C/C=C(\C)CC[C@@H]3CC[C@@H](C)[C@@](O)(O3)C(=O)C(=O)N3CCCC[C@H]3C(=O)O2)C1. The van der Waals surface area contributed by atoms with Crippen molar-refractivity contribution < 1.29 is 53.1 Å². The smallest absolute Gasteiger partial charge is 0.329 e. The van der Waals surface area contributed by atoms with Gasteiger partial charge in [0.1, 0.15) is 30.1 Å². The Kier molecular flexibility index (Phi) is 20.0. The summed E-state index contributed by atoms with van der Waals surface area (Å²) >= 11 is 0. The van der Waals surface area contributed by atoms with Crippen molar-refractivity contribution in [3.63, 3.8) is 0 Å². The van der Waals surface area contributed by atoms with E-state index in [1.807, 2.05) is 58.1 Å². The Balaban J connectivity index is 1.67. The fraction of sp³-hybridized carbons (Fsp3) is 0.740. The standard InChI is InChI=1S/C50H77NO11/c1-31-16-11-10-12-17-32(2)26-35(5)44(53)46(60-9)45(54)36(6)27-33(3)42(52)30-43(34(4)28-38-18-15-19-40(29-38)59-8)61-49(57)41-20-13-14-25-51(41)48(56)47(55)50(58)37(7)22-24-39(62-50)23-21-31/h10-12,16-17,27,32-35,37-41,43,45-46,54,58H,13-15,18-26,28-30H2,1-9H3/b11-10+,17-12+,31-16+,36-27+/t32-,33-,34-,35-,37-,38+,39-,40+,41+,43+,45-,46+,50-/m1/s1. The molecule has 4 aliphatic rings. The van der Waals surface area contributed by atoms with Crippen LogP contribution in [0.2, 0.25) is 0 Å². The zero-order valence-corrected chi connectivity index (χ0v) is 39.0. The Bertz CT molecular complexity index is 1670. The first-order valence-electron chi connectivity index (χ1n) is 23.3. The van der Waals surface area contributed by atoms with Crippen molar-refractivity contribution >= 4 is 29.2 Å². The molecule has 3 heterocycles. The highest BCUT2D eigenvalue weighted by Gasteiger charge is 2.52. The van der Waals surface area contributed by atoms with Crippen LogP contribution in [-0.4, -0.2) is 107 Å². The van der Waals surface area contributed by atoms with Crippen molar-refractivity contribution in [2.45, 2.75) is 181 Å². The van der Waals surface area contributed by atoms with Crippen LogP contribution < -0.4 is 0 Å². The average Bonchev–Trinajstić information content (AvgIpc) is 3.25. The lowest BCUT2D eigenvalue weighted by atomic mass is 9.79. The number of piperidine rings is 1. The quantitative estimate of drug-likeness (QED) is 0.159. The molecule has 0 aromatic rings. The zero-order valence-electron chi connectivity index (χ0n) is 39.0. The van der Waals surface area contributed by atoms with Crippen LogP contribution in [0, 0.1) is 35.5 Å². The molecule has 3 fully saturated rings. The second-order valence-corrected chi connectivity index (χ2v) is 19.1. The van der Waals surface area contributed by atoms with Crippen LogP contribution in [0.15, 0.2) is 47.6 Å². The molecule has 4 rings (SSSR count). The minimum Gasteiger partial charge on any atom is -0.460 e. The summed E-state index contributed by atoms with van der Waals surface area (Å²) in [5.41, 5.74) is 1.49. The van der Waals surface area contributed by atoms with Crippen molar-refractivity contribution in [2.24, 2.45) is 35.5 Å². The summed E-state index contributed by atoms with van der Waals surface area (Å²) in [5, 5.41) is 23.2. The number of amides is 1. The molecular formula is C50H77NO11. The molecule has 348 valence electrons. The van der Waals surface area contributed by atoms with E-state index in [1.165, 1.54) is 12.0 Å². The van der Waals surface area contributed by atoms with E-state index < -0.39 is 71.7 Å². The molecule has 0 spiro atoms. The van der Waals surface area contributed by atoms with Crippen molar-refractivity contribution in [1.29, 1.82) is 0 Å². The van der Waals surface area contributed by atoms with Crippen molar-refractivity contribution in [3.8, 4) is 0 Å². The molecule has 13 atom stereocenters. The molecule has 12 heteroatoms. The van der Waals surface area contributed by atoms with Gasteiger partial charge in [0.05, 0.1) is 12.2 Å². The lowest BCUT2D eigenvalue weighted by molar-refractivity contribution is -0.263. The summed E-state index contributed by atoms with van der Waals surface area (Å²) in [4.78, 5) is 71.4. The number of nitrogens with zero attached hydrogens (tertiary/aromatic N) is 1. The number of hydrogen-bond donors (Lipinski definition) is 2. The van der Waals surface area contributed by atoms with Crippen LogP contribution in [-0.2, 0) is 42.9 Å². The molecule has 62 heavy (non-hydrogen) atoms. The van der Waals surface area contributed by atoms with E-state index >= 15 is 0 Å². The van der Waals surface area contributed by atoms with E-state index in [9.17, 15) is 34.2 Å². The molecule has 0 aromatic carbocycles. The minimum absolute atomic E-state index is 0.0625. The maximum absolute atomic E-state index is 14.3. The Morgan fingerprint density at radius 3 is 2.34 bits per heavy atom. The van der Waals surface area contributed by atoms with Crippen LogP contribution in [0.3, 0.4) is 0 Å². The first-order valence-corrected chi connectivity index (χ1v) is 23.3. The molecule has 12 nitrogen and oxygen atoms in total. The number of cyclic esters (lactones) is 1.